The largest absolute Gasteiger partial charge is 0.330 e. The second-order valence-electron chi connectivity index (χ2n) is 6.09. The SMILES string of the molecule is CC.CC(C)c1ccc(/C=C/C(NCCCSO)C(C)C)cc1. The summed E-state index contributed by atoms with van der Waals surface area (Å²) in [5, 5.41) is 3.54. The Morgan fingerprint density at radius 1 is 1.09 bits per heavy atom. The van der Waals surface area contributed by atoms with Crippen molar-refractivity contribution in [1.82, 2.24) is 5.32 Å². The van der Waals surface area contributed by atoms with E-state index in [2.05, 4.69) is 69.4 Å². The molecular formula is C20H35NOS. The molecule has 0 saturated carbocycles. The van der Waals surface area contributed by atoms with E-state index in [1.54, 1.807) is 0 Å². The van der Waals surface area contributed by atoms with Crippen LogP contribution in [0.3, 0.4) is 0 Å². The summed E-state index contributed by atoms with van der Waals surface area (Å²) in [4.78, 5) is 0. The molecule has 0 heterocycles. The topological polar surface area (TPSA) is 32.3 Å². The molecule has 0 amide bonds. The lowest BCUT2D eigenvalue weighted by Gasteiger charge is -2.18. The van der Waals surface area contributed by atoms with Gasteiger partial charge < -0.3 is 9.87 Å². The van der Waals surface area contributed by atoms with Crippen LogP contribution in [-0.2, 0) is 0 Å². The molecule has 0 saturated heterocycles. The third-order valence-electron chi connectivity index (χ3n) is 3.61. The van der Waals surface area contributed by atoms with Crippen LogP contribution < -0.4 is 5.32 Å². The van der Waals surface area contributed by atoms with Gasteiger partial charge >= 0.3 is 0 Å². The van der Waals surface area contributed by atoms with Crippen LogP contribution in [0.2, 0.25) is 0 Å². The predicted octanol–water partition coefficient (Wildman–Crippen LogP) is 6.06. The second-order valence-corrected chi connectivity index (χ2v) is 6.76. The molecule has 1 atom stereocenters. The zero-order valence-corrected chi connectivity index (χ0v) is 16.5. The first-order valence-corrected chi connectivity index (χ1v) is 9.76. The lowest BCUT2D eigenvalue weighted by atomic mass is 10.00. The van der Waals surface area contributed by atoms with Gasteiger partial charge in [0, 0.05) is 11.8 Å². The second kappa shape index (κ2) is 13.6. The van der Waals surface area contributed by atoms with Crippen LogP contribution in [0.25, 0.3) is 6.08 Å². The number of rotatable bonds is 9. The smallest absolute Gasteiger partial charge is 0.0276 e. The highest BCUT2D eigenvalue weighted by Gasteiger charge is 2.08. The first-order valence-electron chi connectivity index (χ1n) is 8.82. The first kappa shape index (κ1) is 22.2. The van der Waals surface area contributed by atoms with Crippen molar-refractivity contribution in [1.29, 1.82) is 0 Å². The average Bonchev–Trinajstić information content (AvgIpc) is 2.56. The maximum Gasteiger partial charge on any atom is 0.0276 e. The van der Waals surface area contributed by atoms with Gasteiger partial charge in [-0.3, -0.25) is 0 Å². The summed E-state index contributed by atoms with van der Waals surface area (Å²) in [6, 6.07) is 9.16. The lowest BCUT2D eigenvalue weighted by molar-refractivity contribution is 0.466. The Kier molecular flexibility index (Phi) is 13.2. The van der Waals surface area contributed by atoms with E-state index in [0.717, 1.165) is 30.8 Å². The van der Waals surface area contributed by atoms with Gasteiger partial charge in [0.1, 0.15) is 0 Å². The zero-order chi connectivity index (χ0) is 17.7. The molecule has 0 radical (unpaired) electrons. The monoisotopic (exact) mass is 337 g/mol. The fourth-order valence-electron chi connectivity index (χ4n) is 2.14. The summed E-state index contributed by atoms with van der Waals surface area (Å²) in [7, 11) is 0. The summed E-state index contributed by atoms with van der Waals surface area (Å²) < 4.78 is 8.73. The minimum Gasteiger partial charge on any atom is -0.330 e. The zero-order valence-electron chi connectivity index (χ0n) is 15.7. The Morgan fingerprint density at radius 3 is 2.17 bits per heavy atom. The van der Waals surface area contributed by atoms with Crippen molar-refractivity contribution in [2.75, 3.05) is 12.3 Å². The number of benzene rings is 1. The molecule has 1 aromatic carbocycles. The molecule has 0 aromatic heterocycles. The third kappa shape index (κ3) is 9.85. The van der Waals surface area contributed by atoms with Crippen LogP contribution >= 0.6 is 12.0 Å². The maximum atomic E-state index is 8.73. The van der Waals surface area contributed by atoms with Crippen molar-refractivity contribution in [3.8, 4) is 0 Å². The molecule has 1 unspecified atom stereocenters. The van der Waals surface area contributed by atoms with Crippen molar-refractivity contribution in [3.63, 3.8) is 0 Å². The molecule has 3 heteroatoms. The van der Waals surface area contributed by atoms with Crippen LogP contribution in [0.1, 0.15) is 65.0 Å². The third-order valence-corrected chi connectivity index (χ3v) is 4.08. The molecule has 1 aromatic rings. The maximum absolute atomic E-state index is 8.73. The number of hydrogen-bond donors (Lipinski definition) is 2. The molecule has 0 aliphatic heterocycles. The van der Waals surface area contributed by atoms with Gasteiger partial charge in [0.15, 0.2) is 0 Å². The highest BCUT2D eigenvalue weighted by atomic mass is 32.2. The summed E-state index contributed by atoms with van der Waals surface area (Å²) in [6.45, 7) is 13.8. The molecule has 2 nitrogen and oxygen atoms in total. The molecule has 23 heavy (non-hydrogen) atoms. The molecule has 0 fully saturated rings. The van der Waals surface area contributed by atoms with Crippen molar-refractivity contribution in [2.24, 2.45) is 5.92 Å². The van der Waals surface area contributed by atoms with E-state index in [4.69, 9.17) is 4.55 Å². The van der Waals surface area contributed by atoms with E-state index in [1.807, 2.05) is 13.8 Å². The fraction of sp³-hybridized carbons (Fsp3) is 0.600. The standard InChI is InChI=1S/C18H29NOS.C2H6/c1-14(2)17-9-6-16(7-10-17)8-11-18(15(3)4)19-12-5-13-21-20;1-2/h6-11,14-15,18-20H,5,12-13H2,1-4H3;1-2H3/b11-8+;. The molecule has 2 N–H and O–H groups in total. The Bertz CT molecular complexity index is 412. The first-order chi connectivity index (χ1) is 11.0. The molecule has 1 rings (SSSR count). The summed E-state index contributed by atoms with van der Waals surface area (Å²) >= 11 is 0.917. The van der Waals surface area contributed by atoms with Crippen molar-refractivity contribution in [3.05, 3.63) is 41.5 Å². The van der Waals surface area contributed by atoms with Crippen LogP contribution in [0, 0.1) is 5.92 Å². The molecule has 0 aliphatic carbocycles. The highest BCUT2D eigenvalue weighted by molar-refractivity contribution is 7.93. The quantitative estimate of drug-likeness (QED) is 0.424. The summed E-state index contributed by atoms with van der Waals surface area (Å²) in [5.41, 5.74) is 2.63. The van der Waals surface area contributed by atoms with E-state index in [1.165, 1.54) is 11.1 Å². The number of hydrogen-bond acceptors (Lipinski definition) is 3. The van der Waals surface area contributed by atoms with Gasteiger partial charge in [-0.25, -0.2) is 0 Å². The van der Waals surface area contributed by atoms with Gasteiger partial charge in [-0.2, -0.15) is 0 Å². The van der Waals surface area contributed by atoms with Gasteiger partial charge in [0.2, 0.25) is 0 Å². The molecule has 132 valence electrons. The Hall–Kier alpha value is -0.770. The molecule has 0 bridgehead atoms. The molecular weight excluding hydrogens is 302 g/mol. The van der Waals surface area contributed by atoms with Gasteiger partial charge in [-0.05, 0) is 48.0 Å². The predicted molar refractivity (Wildman–Crippen MR) is 107 cm³/mol. The Balaban J connectivity index is 0.00000232. The van der Waals surface area contributed by atoms with Crippen molar-refractivity contribution in [2.45, 2.75) is 59.9 Å². The molecule has 0 spiro atoms. The van der Waals surface area contributed by atoms with E-state index in [9.17, 15) is 0 Å². The van der Waals surface area contributed by atoms with Crippen molar-refractivity contribution >= 4 is 18.1 Å². The van der Waals surface area contributed by atoms with Crippen LogP contribution in [0.15, 0.2) is 30.3 Å². The minimum atomic E-state index is 0.374. The summed E-state index contributed by atoms with van der Waals surface area (Å²) in [6.07, 6.45) is 5.44. The average molecular weight is 338 g/mol. The minimum absolute atomic E-state index is 0.374. The van der Waals surface area contributed by atoms with Gasteiger partial charge in [-0.15, -0.1) is 0 Å². The van der Waals surface area contributed by atoms with Gasteiger partial charge in [0.25, 0.3) is 0 Å². The fourth-order valence-corrected chi connectivity index (χ4v) is 2.41. The van der Waals surface area contributed by atoms with Gasteiger partial charge in [0.05, 0.1) is 0 Å². The Morgan fingerprint density at radius 2 is 1.70 bits per heavy atom. The number of nitrogens with one attached hydrogen (secondary N) is 1. The van der Waals surface area contributed by atoms with Crippen LogP contribution in [0.4, 0.5) is 0 Å². The highest BCUT2D eigenvalue weighted by Crippen LogP contribution is 2.16. The van der Waals surface area contributed by atoms with Crippen molar-refractivity contribution < 1.29 is 4.55 Å². The Labute approximate surface area is 148 Å². The lowest BCUT2D eigenvalue weighted by Crippen LogP contribution is -2.32. The normalized spacial score (nSPS) is 12.6. The summed E-state index contributed by atoms with van der Waals surface area (Å²) in [5.74, 6) is 1.92. The van der Waals surface area contributed by atoms with Crippen LogP contribution in [-0.4, -0.2) is 22.9 Å². The van der Waals surface area contributed by atoms with Gasteiger partial charge in [-0.1, -0.05) is 78.0 Å². The van der Waals surface area contributed by atoms with E-state index in [0.29, 0.717) is 17.9 Å². The van der Waals surface area contributed by atoms with E-state index >= 15 is 0 Å². The molecule has 0 aliphatic rings. The van der Waals surface area contributed by atoms with E-state index in [-0.39, 0.29) is 0 Å². The van der Waals surface area contributed by atoms with Crippen LogP contribution in [0.5, 0.6) is 0 Å². The van der Waals surface area contributed by atoms with E-state index < -0.39 is 0 Å².